The summed E-state index contributed by atoms with van der Waals surface area (Å²) in [6.45, 7) is 1.67. The number of sulfonamides is 1. The van der Waals surface area contributed by atoms with Crippen LogP contribution in [0.2, 0.25) is 0 Å². The molecule has 0 bridgehead atoms. The van der Waals surface area contributed by atoms with E-state index >= 15 is 0 Å². The van der Waals surface area contributed by atoms with Crippen LogP contribution in [-0.2, 0) is 16.6 Å². The normalized spacial score (nSPS) is 13.6. The van der Waals surface area contributed by atoms with E-state index in [4.69, 9.17) is 5.11 Å². The van der Waals surface area contributed by atoms with Crippen LogP contribution in [0.3, 0.4) is 0 Å². The van der Waals surface area contributed by atoms with Crippen LogP contribution in [0.1, 0.15) is 12.5 Å². The maximum absolute atomic E-state index is 13.1. The molecule has 0 spiro atoms. The van der Waals surface area contributed by atoms with Gasteiger partial charge in [0.2, 0.25) is 10.0 Å². The highest BCUT2D eigenvalue weighted by molar-refractivity contribution is 7.99. The molecule has 0 fully saturated rings. The molecule has 102 valence electrons. The quantitative estimate of drug-likeness (QED) is 0.831. The van der Waals surface area contributed by atoms with E-state index in [1.807, 2.05) is 13.2 Å². The predicted octanol–water partition coefficient (Wildman–Crippen LogP) is 1.35. The fourth-order valence-electron chi connectivity index (χ4n) is 1.23. The van der Waals surface area contributed by atoms with Crippen LogP contribution in [0, 0.1) is 5.82 Å². The summed E-state index contributed by atoms with van der Waals surface area (Å²) in [5.74, 6) is -0.617. The lowest BCUT2D eigenvalue weighted by Crippen LogP contribution is -2.29. The number of nitrogens with one attached hydrogen (secondary N) is 1. The van der Waals surface area contributed by atoms with E-state index in [0.717, 1.165) is 12.1 Å². The zero-order valence-corrected chi connectivity index (χ0v) is 11.8. The molecule has 0 amide bonds. The number of rotatable bonds is 6. The van der Waals surface area contributed by atoms with Gasteiger partial charge in [0.15, 0.2) is 0 Å². The largest absolute Gasteiger partial charge is 0.392 e. The van der Waals surface area contributed by atoms with Crippen molar-refractivity contribution in [1.82, 2.24) is 4.72 Å². The Morgan fingerprint density at radius 2 is 2.17 bits per heavy atom. The minimum absolute atomic E-state index is 0.0317. The number of hydrogen-bond donors (Lipinski definition) is 2. The van der Waals surface area contributed by atoms with Crippen molar-refractivity contribution in [1.29, 1.82) is 0 Å². The molecule has 4 nitrogen and oxygen atoms in total. The number of halogens is 1. The predicted molar refractivity (Wildman–Crippen MR) is 70.5 cm³/mol. The van der Waals surface area contributed by atoms with E-state index in [-0.39, 0.29) is 15.7 Å². The van der Waals surface area contributed by atoms with Gasteiger partial charge in [0, 0.05) is 17.4 Å². The van der Waals surface area contributed by atoms with Crippen molar-refractivity contribution in [2.45, 2.75) is 23.7 Å². The molecule has 1 rings (SSSR count). The Labute approximate surface area is 111 Å². The minimum Gasteiger partial charge on any atom is -0.392 e. The Morgan fingerprint density at radius 1 is 1.50 bits per heavy atom. The summed E-state index contributed by atoms with van der Waals surface area (Å²) in [5.41, 5.74) is -0.0317. The molecule has 2 N–H and O–H groups in total. The molecule has 1 unspecified atom stereocenters. The molecule has 7 heteroatoms. The van der Waals surface area contributed by atoms with Crippen LogP contribution in [0.4, 0.5) is 4.39 Å². The molecule has 1 aromatic rings. The van der Waals surface area contributed by atoms with Crippen molar-refractivity contribution in [3.63, 3.8) is 0 Å². The van der Waals surface area contributed by atoms with Gasteiger partial charge in [0.25, 0.3) is 0 Å². The molecule has 0 heterocycles. The Hall–Kier alpha value is -0.630. The zero-order valence-electron chi connectivity index (χ0n) is 10.2. The van der Waals surface area contributed by atoms with Gasteiger partial charge in [-0.05, 0) is 24.5 Å². The van der Waals surface area contributed by atoms with Crippen LogP contribution in [0.5, 0.6) is 0 Å². The fourth-order valence-corrected chi connectivity index (χ4v) is 2.77. The summed E-state index contributed by atoms with van der Waals surface area (Å²) in [7, 11) is -3.66. The molecule has 1 atom stereocenters. The van der Waals surface area contributed by atoms with Crippen molar-refractivity contribution >= 4 is 21.8 Å². The standard InChI is InChI=1S/C11H16FNO3S2/c1-8(17-2)6-13-18(15,16)10-3-4-11(12)9(5-10)7-14/h3-5,8,13-14H,6-7H2,1-2H3. The van der Waals surface area contributed by atoms with Crippen LogP contribution in [0.25, 0.3) is 0 Å². The molecule has 0 aliphatic heterocycles. The van der Waals surface area contributed by atoms with Gasteiger partial charge in [-0.3, -0.25) is 0 Å². The second-order valence-electron chi connectivity index (χ2n) is 3.81. The fraction of sp³-hybridized carbons (Fsp3) is 0.455. The number of aliphatic hydroxyl groups excluding tert-OH is 1. The van der Waals surface area contributed by atoms with Crippen LogP contribution < -0.4 is 4.72 Å². The van der Waals surface area contributed by atoms with E-state index < -0.39 is 22.4 Å². The van der Waals surface area contributed by atoms with Gasteiger partial charge < -0.3 is 5.11 Å². The van der Waals surface area contributed by atoms with Crippen molar-refractivity contribution in [2.75, 3.05) is 12.8 Å². The van der Waals surface area contributed by atoms with Crippen molar-refractivity contribution in [2.24, 2.45) is 0 Å². The van der Waals surface area contributed by atoms with E-state index in [0.29, 0.717) is 6.54 Å². The molecule has 0 saturated heterocycles. The van der Waals surface area contributed by atoms with Crippen molar-refractivity contribution < 1.29 is 17.9 Å². The molecule has 0 aromatic heterocycles. The lowest BCUT2D eigenvalue weighted by Gasteiger charge is -2.11. The highest BCUT2D eigenvalue weighted by atomic mass is 32.2. The number of benzene rings is 1. The summed E-state index contributed by atoms with van der Waals surface area (Å²) in [6, 6.07) is 3.36. The highest BCUT2D eigenvalue weighted by Crippen LogP contribution is 2.15. The topological polar surface area (TPSA) is 66.4 Å². The Bertz CT molecular complexity index is 505. The number of aliphatic hydroxyl groups is 1. The highest BCUT2D eigenvalue weighted by Gasteiger charge is 2.16. The Morgan fingerprint density at radius 3 is 2.72 bits per heavy atom. The first-order chi connectivity index (χ1) is 8.40. The zero-order chi connectivity index (χ0) is 13.8. The molecule has 0 aliphatic carbocycles. The first-order valence-electron chi connectivity index (χ1n) is 5.32. The van der Waals surface area contributed by atoms with Gasteiger partial charge in [0.1, 0.15) is 5.82 Å². The molecular weight excluding hydrogens is 277 g/mol. The second-order valence-corrected chi connectivity index (χ2v) is 6.85. The van der Waals surface area contributed by atoms with Crippen LogP contribution >= 0.6 is 11.8 Å². The van der Waals surface area contributed by atoms with Gasteiger partial charge in [0.05, 0.1) is 11.5 Å². The van der Waals surface area contributed by atoms with E-state index in [1.165, 1.54) is 6.07 Å². The Kier molecular flexibility index (Phi) is 5.58. The smallest absolute Gasteiger partial charge is 0.240 e. The van der Waals surface area contributed by atoms with Crippen LogP contribution in [-0.4, -0.2) is 31.6 Å². The molecule has 1 aromatic carbocycles. The average Bonchev–Trinajstić information content (AvgIpc) is 2.36. The van der Waals surface area contributed by atoms with Gasteiger partial charge in [-0.25, -0.2) is 17.5 Å². The van der Waals surface area contributed by atoms with Crippen molar-refractivity contribution in [3.05, 3.63) is 29.6 Å². The maximum Gasteiger partial charge on any atom is 0.240 e. The number of hydrogen-bond acceptors (Lipinski definition) is 4. The minimum atomic E-state index is -3.66. The Balaban J connectivity index is 2.91. The van der Waals surface area contributed by atoms with Gasteiger partial charge in [-0.1, -0.05) is 6.92 Å². The maximum atomic E-state index is 13.1. The third kappa shape index (κ3) is 3.94. The average molecular weight is 293 g/mol. The second kappa shape index (κ2) is 6.51. The summed E-state index contributed by atoms with van der Waals surface area (Å²) in [6.07, 6.45) is 1.89. The molecule has 0 saturated carbocycles. The lowest BCUT2D eigenvalue weighted by molar-refractivity contribution is 0.275. The monoisotopic (exact) mass is 293 g/mol. The molecule has 0 aliphatic rings. The van der Waals surface area contributed by atoms with Gasteiger partial charge in [-0.2, -0.15) is 11.8 Å². The van der Waals surface area contributed by atoms with Gasteiger partial charge >= 0.3 is 0 Å². The van der Waals surface area contributed by atoms with E-state index in [2.05, 4.69) is 4.72 Å². The van der Waals surface area contributed by atoms with E-state index in [1.54, 1.807) is 11.8 Å². The summed E-state index contributed by atoms with van der Waals surface area (Å²) < 4.78 is 39.4. The van der Waals surface area contributed by atoms with Crippen molar-refractivity contribution in [3.8, 4) is 0 Å². The molecule has 0 radical (unpaired) electrons. The van der Waals surface area contributed by atoms with Crippen LogP contribution in [0.15, 0.2) is 23.1 Å². The lowest BCUT2D eigenvalue weighted by atomic mass is 10.2. The SMILES string of the molecule is CSC(C)CNS(=O)(=O)c1ccc(F)c(CO)c1. The summed E-state index contributed by atoms with van der Waals surface area (Å²) >= 11 is 1.54. The third-order valence-electron chi connectivity index (χ3n) is 2.46. The molecule has 18 heavy (non-hydrogen) atoms. The summed E-state index contributed by atoms with van der Waals surface area (Å²) in [5, 5.41) is 9.06. The number of thioether (sulfide) groups is 1. The van der Waals surface area contributed by atoms with E-state index in [9.17, 15) is 12.8 Å². The molecular formula is C11H16FNO3S2. The first-order valence-corrected chi connectivity index (χ1v) is 8.09. The summed E-state index contributed by atoms with van der Waals surface area (Å²) in [4.78, 5) is -0.0405. The van der Waals surface area contributed by atoms with Gasteiger partial charge in [-0.15, -0.1) is 0 Å². The first kappa shape index (κ1) is 15.4. The third-order valence-corrected chi connectivity index (χ3v) is 4.85.